The molecule has 3 N–H and O–H groups in total. The van der Waals surface area contributed by atoms with Gasteiger partial charge in [0, 0.05) is 31.5 Å². The predicted octanol–water partition coefficient (Wildman–Crippen LogP) is 0.472. The maximum atomic E-state index is 12.7. The number of nitrogens with one attached hydrogen (secondary N) is 1. The molecule has 1 heterocycles. The van der Waals surface area contributed by atoms with Gasteiger partial charge in [-0.1, -0.05) is 0 Å². The van der Waals surface area contributed by atoms with Crippen molar-refractivity contribution in [2.75, 3.05) is 33.1 Å². The summed E-state index contributed by atoms with van der Waals surface area (Å²) in [6, 6.07) is 1.55. The van der Waals surface area contributed by atoms with Crippen LogP contribution < -0.4 is 11.3 Å². The van der Waals surface area contributed by atoms with Crippen LogP contribution in [0.15, 0.2) is 23.4 Å². The Balaban J connectivity index is 2.27. The summed E-state index contributed by atoms with van der Waals surface area (Å²) in [5, 5.41) is 0. The van der Waals surface area contributed by atoms with Crippen molar-refractivity contribution >= 4 is 15.7 Å². The van der Waals surface area contributed by atoms with Gasteiger partial charge in [-0.2, -0.15) is 4.31 Å². The summed E-state index contributed by atoms with van der Waals surface area (Å²) in [6.45, 7) is 0.460. The number of nitrogens with two attached hydrogens (primary N) is 1. The summed E-state index contributed by atoms with van der Waals surface area (Å²) in [5.74, 6) is 5.39. The lowest BCUT2D eigenvalue weighted by atomic mass is 9.75. The van der Waals surface area contributed by atoms with E-state index in [0.29, 0.717) is 12.2 Å². The number of nitrogen functional groups attached to an aromatic ring is 1. The summed E-state index contributed by atoms with van der Waals surface area (Å²) < 4.78 is 26.8. The quantitative estimate of drug-likeness (QED) is 0.586. The molecular formula is C13H23N5O2S. The number of hydrogen-bond donors (Lipinski definition) is 2. The van der Waals surface area contributed by atoms with E-state index in [1.807, 2.05) is 14.1 Å². The molecule has 0 unspecified atom stereocenters. The van der Waals surface area contributed by atoms with Crippen LogP contribution in [-0.4, -0.2) is 55.8 Å². The van der Waals surface area contributed by atoms with E-state index in [0.717, 1.165) is 19.3 Å². The molecule has 1 saturated carbocycles. The molecule has 2 rings (SSSR count). The van der Waals surface area contributed by atoms with Gasteiger partial charge in [-0.15, -0.1) is 0 Å². The van der Waals surface area contributed by atoms with Crippen molar-refractivity contribution in [3.8, 4) is 0 Å². The Morgan fingerprint density at radius 3 is 2.52 bits per heavy atom. The fraction of sp³-hybridized carbons (Fsp3) is 0.615. The molecule has 0 bridgehead atoms. The third-order valence-corrected chi connectivity index (χ3v) is 6.21. The molecule has 1 aromatic heterocycles. The normalized spacial score (nSPS) is 17.8. The van der Waals surface area contributed by atoms with Crippen LogP contribution in [0.25, 0.3) is 0 Å². The summed E-state index contributed by atoms with van der Waals surface area (Å²) >= 11 is 0. The Bertz CT molecular complexity index is 598. The molecule has 7 nitrogen and oxygen atoms in total. The molecule has 0 saturated heterocycles. The van der Waals surface area contributed by atoms with Gasteiger partial charge in [0.15, 0.2) is 0 Å². The van der Waals surface area contributed by atoms with Crippen molar-refractivity contribution < 1.29 is 8.42 Å². The highest BCUT2D eigenvalue weighted by atomic mass is 32.2. The van der Waals surface area contributed by atoms with Gasteiger partial charge < -0.3 is 10.3 Å². The highest BCUT2D eigenvalue weighted by Gasteiger charge is 2.42. The van der Waals surface area contributed by atoms with Crippen molar-refractivity contribution in [2.45, 2.75) is 29.7 Å². The van der Waals surface area contributed by atoms with Gasteiger partial charge in [-0.25, -0.2) is 8.42 Å². The molecule has 0 radical (unpaired) electrons. The lowest BCUT2D eigenvalue weighted by Crippen LogP contribution is -2.57. The number of pyridine rings is 1. The van der Waals surface area contributed by atoms with E-state index >= 15 is 0 Å². The van der Waals surface area contributed by atoms with Gasteiger partial charge in [0.1, 0.15) is 4.90 Å². The third kappa shape index (κ3) is 2.89. The fourth-order valence-corrected chi connectivity index (χ4v) is 4.05. The van der Waals surface area contributed by atoms with Gasteiger partial charge in [-0.05, 0) is 39.4 Å². The molecule has 1 aliphatic rings. The molecule has 8 heteroatoms. The van der Waals surface area contributed by atoms with E-state index in [-0.39, 0.29) is 10.4 Å². The van der Waals surface area contributed by atoms with Gasteiger partial charge in [0.2, 0.25) is 10.0 Å². The molecular weight excluding hydrogens is 290 g/mol. The number of hydrazine groups is 1. The van der Waals surface area contributed by atoms with Crippen LogP contribution in [0.5, 0.6) is 0 Å². The molecule has 0 aromatic carbocycles. The zero-order valence-corrected chi connectivity index (χ0v) is 13.5. The standard InChI is InChI=1S/C13H23N5O2S/c1-17(2)13(6-4-7-13)10-18(3)21(19,20)12-9-15-8-5-11(12)16-14/h5,8-9H,4,6-7,10,14H2,1-3H3,(H,15,16). The smallest absolute Gasteiger partial charge is 0.246 e. The van der Waals surface area contributed by atoms with Crippen molar-refractivity contribution in [3.63, 3.8) is 0 Å². The zero-order valence-electron chi connectivity index (χ0n) is 12.7. The first-order valence-electron chi connectivity index (χ1n) is 6.88. The van der Waals surface area contributed by atoms with Crippen molar-refractivity contribution in [1.82, 2.24) is 14.2 Å². The topological polar surface area (TPSA) is 91.6 Å². The summed E-state index contributed by atoms with van der Waals surface area (Å²) in [7, 11) is 1.97. The largest absolute Gasteiger partial charge is 0.323 e. The van der Waals surface area contributed by atoms with Gasteiger partial charge in [0.05, 0.1) is 5.69 Å². The first kappa shape index (κ1) is 16.2. The molecule has 1 aromatic rings. The second-order valence-electron chi connectivity index (χ2n) is 5.75. The summed E-state index contributed by atoms with van der Waals surface area (Å²) in [5.41, 5.74) is 2.70. The Labute approximate surface area is 126 Å². The molecule has 1 fully saturated rings. The number of likely N-dealkylation sites (N-methyl/N-ethyl adjacent to an activating group) is 2. The third-order valence-electron chi connectivity index (χ3n) is 4.38. The molecule has 21 heavy (non-hydrogen) atoms. The van der Waals surface area contributed by atoms with Crippen LogP contribution in [0.3, 0.4) is 0 Å². The predicted molar refractivity (Wildman–Crippen MR) is 82.1 cm³/mol. The van der Waals surface area contributed by atoms with Crippen LogP contribution >= 0.6 is 0 Å². The second-order valence-corrected chi connectivity index (χ2v) is 7.76. The van der Waals surface area contributed by atoms with Crippen LogP contribution in [0.1, 0.15) is 19.3 Å². The molecule has 1 aliphatic carbocycles. The average Bonchev–Trinajstić information content (AvgIpc) is 2.41. The summed E-state index contributed by atoms with van der Waals surface area (Å²) in [4.78, 5) is 6.12. The van der Waals surface area contributed by atoms with Crippen LogP contribution in [0.2, 0.25) is 0 Å². The SMILES string of the molecule is CN(C)C1(CN(C)S(=O)(=O)c2cnccc2NN)CCC1. The number of nitrogens with zero attached hydrogens (tertiary/aromatic N) is 3. The number of sulfonamides is 1. The van der Waals surface area contributed by atoms with Crippen molar-refractivity contribution in [2.24, 2.45) is 5.84 Å². The zero-order chi connectivity index (χ0) is 15.7. The van der Waals surface area contributed by atoms with Gasteiger partial charge >= 0.3 is 0 Å². The Kier molecular flexibility index (Phi) is 4.52. The Morgan fingerprint density at radius 2 is 2.05 bits per heavy atom. The van der Waals surface area contributed by atoms with Gasteiger partial charge in [0.25, 0.3) is 0 Å². The fourth-order valence-electron chi connectivity index (χ4n) is 2.70. The Morgan fingerprint density at radius 1 is 1.38 bits per heavy atom. The highest BCUT2D eigenvalue weighted by molar-refractivity contribution is 7.89. The van der Waals surface area contributed by atoms with Gasteiger partial charge in [-0.3, -0.25) is 10.8 Å². The van der Waals surface area contributed by atoms with E-state index in [9.17, 15) is 8.42 Å². The van der Waals surface area contributed by atoms with Crippen molar-refractivity contribution in [1.29, 1.82) is 0 Å². The van der Waals surface area contributed by atoms with Crippen molar-refractivity contribution in [3.05, 3.63) is 18.5 Å². The monoisotopic (exact) mass is 313 g/mol. The first-order valence-corrected chi connectivity index (χ1v) is 8.32. The average molecular weight is 313 g/mol. The first-order chi connectivity index (χ1) is 9.83. The van der Waals surface area contributed by atoms with Crippen LogP contribution in [-0.2, 0) is 10.0 Å². The number of anilines is 1. The van der Waals surface area contributed by atoms with E-state index < -0.39 is 10.0 Å². The second kappa shape index (κ2) is 5.88. The molecule has 0 atom stereocenters. The lowest BCUT2D eigenvalue weighted by molar-refractivity contribution is 0.0455. The van der Waals surface area contributed by atoms with Crippen LogP contribution in [0, 0.1) is 0 Å². The maximum Gasteiger partial charge on any atom is 0.246 e. The minimum absolute atomic E-state index is 0.0691. The number of aromatic nitrogens is 1. The van der Waals surface area contributed by atoms with E-state index in [4.69, 9.17) is 5.84 Å². The number of rotatable bonds is 6. The molecule has 0 spiro atoms. The van der Waals surface area contributed by atoms with Crippen LogP contribution in [0.4, 0.5) is 5.69 Å². The van der Waals surface area contributed by atoms with E-state index in [1.165, 1.54) is 16.7 Å². The number of hydrogen-bond acceptors (Lipinski definition) is 6. The minimum atomic E-state index is -3.62. The maximum absolute atomic E-state index is 12.7. The van der Waals surface area contributed by atoms with E-state index in [2.05, 4.69) is 15.3 Å². The molecule has 0 aliphatic heterocycles. The Hall–Kier alpha value is -1.22. The molecule has 0 amide bonds. The van der Waals surface area contributed by atoms with E-state index in [1.54, 1.807) is 13.1 Å². The lowest BCUT2D eigenvalue weighted by Gasteiger charge is -2.48. The minimum Gasteiger partial charge on any atom is -0.323 e. The summed E-state index contributed by atoms with van der Waals surface area (Å²) in [6.07, 6.45) is 5.98. The molecule has 118 valence electrons. The highest BCUT2D eigenvalue weighted by Crippen LogP contribution is 2.37.